The molecule has 3 rings (SSSR count). The zero-order valence-electron chi connectivity index (χ0n) is 14.8. The molecule has 1 aromatic heterocycles. The van der Waals surface area contributed by atoms with Gasteiger partial charge in [0.05, 0.1) is 13.1 Å². The zero-order chi connectivity index (χ0) is 18.4. The van der Waals surface area contributed by atoms with E-state index in [0.29, 0.717) is 12.1 Å². The average Bonchev–Trinajstić information content (AvgIpc) is 3.19. The molecule has 2 heterocycles. The molecule has 2 amide bonds. The number of nitrogens with one attached hydrogen (secondary N) is 2. The molecule has 0 spiro atoms. The van der Waals surface area contributed by atoms with Crippen LogP contribution in [0.3, 0.4) is 0 Å². The van der Waals surface area contributed by atoms with Crippen molar-refractivity contribution in [2.75, 3.05) is 36.5 Å². The third kappa shape index (κ3) is 4.80. The molecule has 2 aromatic rings. The lowest BCUT2D eigenvalue weighted by Crippen LogP contribution is -2.38. The number of nitrogens with zero attached hydrogens (tertiary/aromatic N) is 1. The fourth-order valence-corrected chi connectivity index (χ4v) is 4.38. The number of anilines is 1. The van der Waals surface area contributed by atoms with Crippen molar-refractivity contribution in [3.8, 4) is 0 Å². The van der Waals surface area contributed by atoms with Gasteiger partial charge in [-0.15, -0.1) is 11.3 Å². The number of amides is 2. The highest BCUT2D eigenvalue weighted by Gasteiger charge is 2.20. The van der Waals surface area contributed by atoms with E-state index in [0.717, 1.165) is 40.7 Å². The lowest BCUT2D eigenvalue weighted by molar-refractivity contribution is -0.119. The normalized spacial score (nSPS) is 14.1. The molecule has 5 nitrogen and oxygen atoms in total. The monoisotopic (exact) mass is 389 g/mol. The van der Waals surface area contributed by atoms with Gasteiger partial charge in [-0.2, -0.15) is 11.8 Å². The number of thiophene rings is 1. The van der Waals surface area contributed by atoms with Gasteiger partial charge in [-0.25, -0.2) is 0 Å². The molecular weight excluding hydrogens is 366 g/mol. The van der Waals surface area contributed by atoms with Gasteiger partial charge in [-0.05, 0) is 36.1 Å². The van der Waals surface area contributed by atoms with Crippen LogP contribution in [0.4, 0.5) is 5.69 Å². The Morgan fingerprint density at radius 3 is 2.69 bits per heavy atom. The molecule has 138 valence electrons. The van der Waals surface area contributed by atoms with Crippen molar-refractivity contribution in [2.24, 2.45) is 0 Å². The van der Waals surface area contributed by atoms with Crippen LogP contribution in [-0.4, -0.2) is 47.9 Å². The molecule has 0 bridgehead atoms. The largest absolute Gasteiger partial charge is 0.376 e. The minimum absolute atomic E-state index is 0.0671. The number of carbonyl (C=O) groups is 2. The number of hydrogen-bond donors (Lipinski definition) is 2. The molecule has 0 unspecified atom stereocenters. The smallest absolute Gasteiger partial charge is 0.254 e. The summed E-state index contributed by atoms with van der Waals surface area (Å²) in [7, 11) is 0. The van der Waals surface area contributed by atoms with Crippen LogP contribution in [0, 0.1) is 6.92 Å². The minimum Gasteiger partial charge on any atom is -0.376 e. The van der Waals surface area contributed by atoms with Gasteiger partial charge in [0.15, 0.2) is 0 Å². The molecule has 2 N–H and O–H groups in total. The Kier molecular flexibility index (Phi) is 6.57. The molecule has 26 heavy (non-hydrogen) atoms. The number of thioether (sulfide) groups is 1. The molecular formula is C19H23N3O2S2. The van der Waals surface area contributed by atoms with E-state index in [1.54, 1.807) is 11.3 Å². The van der Waals surface area contributed by atoms with Gasteiger partial charge in [-0.3, -0.25) is 9.59 Å². The minimum atomic E-state index is -0.0671. The topological polar surface area (TPSA) is 61.4 Å². The Morgan fingerprint density at radius 2 is 1.96 bits per heavy atom. The van der Waals surface area contributed by atoms with E-state index in [2.05, 4.69) is 10.6 Å². The van der Waals surface area contributed by atoms with Crippen LogP contribution in [0.5, 0.6) is 0 Å². The van der Waals surface area contributed by atoms with Crippen LogP contribution in [0.1, 0.15) is 20.8 Å². The van der Waals surface area contributed by atoms with E-state index < -0.39 is 0 Å². The zero-order valence-corrected chi connectivity index (χ0v) is 16.4. The summed E-state index contributed by atoms with van der Waals surface area (Å²) in [5.74, 6) is 2.00. The van der Waals surface area contributed by atoms with Gasteiger partial charge in [0.25, 0.3) is 5.91 Å². The highest BCUT2D eigenvalue weighted by molar-refractivity contribution is 7.99. The second kappa shape index (κ2) is 9.09. The Labute approximate surface area is 162 Å². The molecule has 1 aromatic carbocycles. The molecule has 0 atom stereocenters. The Hall–Kier alpha value is -1.99. The second-order valence-corrected chi connectivity index (χ2v) is 8.35. The first-order valence-corrected chi connectivity index (χ1v) is 10.7. The van der Waals surface area contributed by atoms with E-state index in [4.69, 9.17) is 0 Å². The number of carbonyl (C=O) groups excluding carboxylic acids is 2. The van der Waals surface area contributed by atoms with Crippen LogP contribution in [0.15, 0.2) is 35.7 Å². The Balaban J connectivity index is 1.58. The summed E-state index contributed by atoms with van der Waals surface area (Å²) < 4.78 is 0. The van der Waals surface area contributed by atoms with Gasteiger partial charge in [0.2, 0.25) is 5.91 Å². The van der Waals surface area contributed by atoms with Crippen molar-refractivity contribution in [3.05, 3.63) is 51.7 Å². The lowest BCUT2D eigenvalue weighted by atomic mass is 10.1. The van der Waals surface area contributed by atoms with Gasteiger partial charge < -0.3 is 15.5 Å². The molecule has 1 aliphatic heterocycles. The van der Waals surface area contributed by atoms with Gasteiger partial charge in [0.1, 0.15) is 0 Å². The summed E-state index contributed by atoms with van der Waals surface area (Å²) in [6, 6.07) is 9.60. The summed E-state index contributed by atoms with van der Waals surface area (Å²) in [6.07, 6.45) is 0. The fraction of sp³-hybridized carbons (Fsp3) is 0.368. The van der Waals surface area contributed by atoms with Gasteiger partial charge in [-0.1, -0.05) is 12.1 Å². The van der Waals surface area contributed by atoms with Gasteiger partial charge >= 0.3 is 0 Å². The van der Waals surface area contributed by atoms with Crippen LogP contribution in [0.2, 0.25) is 0 Å². The maximum Gasteiger partial charge on any atom is 0.254 e. The van der Waals surface area contributed by atoms with Crippen LogP contribution < -0.4 is 10.6 Å². The highest BCUT2D eigenvalue weighted by atomic mass is 32.2. The van der Waals surface area contributed by atoms with Gasteiger partial charge in [0, 0.05) is 40.7 Å². The fourth-order valence-electron chi connectivity index (χ4n) is 2.83. The number of rotatable bonds is 6. The van der Waals surface area contributed by atoms with E-state index in [1.165, 1.54) is 0 Å². The predicted octanol–water partition coefficient (Wildman–Crippen LogP) is 2.97. The third-order valence-corrected chi connectivity index (χ3v) is 6.16. The van der Waals surface area contributed by atoms with Crippen molar-refractivity contribution in [3.63, 3.8) is 0 Å². The Morgan fingerprint density at radius 1 is 1.15 bits per heavy atom. The predicted molar refractivity (Wildman–Crippen MR) is 109 cm³/mol. The molecule has 1 fully saturated rings. The van der Waals surface area contributed by atoms with Crippen molar-refractivity contribution in [2.45, 2.75) is 13.5 Å². The quantitative estimate of drug-likeness (QED) is 0.797. The SMILES string of the molecule is Cc1c(NCC(=O)NCc2cccs2)cccc1C(=O)N1CCSCC1. The third-order valence-electron chi connectivity index (χ3n) is 4.34. The molecule has 1 saturated heterocycles. The van der Waals surface area contributed by atoms with E-state index in [9.17, 15) is 9.59 Å². The molecule has 7 heteroatoms. The molecule has 0 radical (unpaired) electrons. The van der Waals surface area contributed by atoms with Crippen LogP contribution in [-0.2, 0) is 11.3 Å². The maximum atomic E-state index is 12.8. The van der Waals surface area contributed by atoms with Crippen molar-refractivity contribution < 1.29 is 9.59 Å². The molecule has 0 saturated carbocycles. The first kappa shape index (κ1) is 18.8. The maximum absolute atomic E-state index is 12.8. The highest BCUT2D eigenvalue weighted by Crippen LogP contribution is 2.21. The van der Waals surface area contributed by atoms with Crippen molar-refractivity contribution in [1.29, 1.82) is 0 Å². The summed E-state index contributed by atoms with van der Waals surface area (Å²) >= 11 is 3.51. The van der Waals surface area contributed by atoms with Crippen molar-refractivity contribution in [1.82, 2.24) is 10.2 Å². The van der Waals surface area contributed by atoms with E-state index in [1.807, 2.05) is 59.3 Å². The number of benzene rings is 1. The van der Waals surface area contributed by atoms with Crippen LogP contribution in [0.25, 0.3) is 0 Å². The standard InChI is InChI=1S/C19H23N3O2S2/c1-14-16(19(24)22-7-10-25-11-8-22)5-2-6-17(14)20-13-18(23)21-12-15-4-3-9-26-15/h2-6,9,20H,7-8,10-13H2,1H3,(H,21,23). The number of hydrogen-bond acceptors (Lipinski definition) is 5. The summed E-state index contributed by atoms with van der Waals surface area (Å²) in [5.41, 5.74) is 2.43. The average molecular weight is 390 g/mol. The molecule has 1 aliphatic rings. The van der Waals surface area contributed by atoms with Crippen molar-refractivity contribution >= 4 is 40.6 Å². The summed E-state index contributed by atoms with van der Waals surface area (Å²) in [6.45, 7) is 4.25. The lowest BCUT2D eigenvalue weighted by Gasteiger charge is -2.27. The van der Waals surface area contributed by atoms with E-state index in [-0.39, 0.29) is 18.4 Å². The first-order valence-electron chi connectivity index (χ1n) is 8.65. The van der Waals surface area contributed by atoms with Crippen LogP contribution >= 0.6 is 23.1 Å². The second-order valence-electron chi connectivity index (χ2n) is 6.09. The summed E-state index contributed by atoms with van der Waals surface area (Å²) in [5, 5.41) is 8.05. The Bertz CT molecular complexity index is 756. The first-order chi connectivity index (χ1) is 12.6. The molecule has 0 aliphatic carbocycles. The summed E-state index contributed by atoms with van der Waals surface area (Å²) in [4.78, 5) is 27.8. The van der Waals surface area contributed by atoms with E-state index >= 15 is 0 Å².